The first kappa shape index (κ1) is 21.4. The van der Waals surface area contributed by atoms with Crippen molar-refractivity contribution < 1.29 is 32.2 Å². The molecule has 2 aromatic carbocycles. The second kappa shape index (κ2) is 9.36. The molecule has 2 aromatic rings. The number of hydrogen-bond acceptors (Lipinski definition) is 4. The van der Waals surface area contributed by atoms with Crippen LogP contribution in [-0.4, -0.2) is 31.3 Å². The molecule has 0 saturated carbocycles. The molecule has 2 rings (SSSR count). The maximum atomic E-state index is 12.0. The second-order valence-electron chi connectivity index (χ2n) is 6.25. The van der Waals surface area contributed by atoms with Crippen molar-refractivity contribution in [2.24, 2.45) is 0 Å². The number of aryl methyl sites for hydroxylation is 2. The molecule has 0 unspecified atom stereocenters. The van der Waals surface area contributed by atoms with Gasteiger partial charge in [-0.3, -0.25) is 4.79 Å². The Labute approximate surface area is 160 Å². The molecule has 0 aliphatic rings. The van der Waals surface area contributed by atoms with Crippen LogP contribution in [-0.2, 0) is 20.9 Å². The van der Waals surface area contributed by atoms with Gasteiger partial charge in [0.15, 0.2) is 6.61 Å². The zero-order valence-corrected chi connectivity index (χ0v) is 15.4. The van der Waals surface area contributed by atoms with Crippen molar-refractivity contribution >= 4 is 17.6 Å². The van der Waals surface area contributed by atoms with Crippen LogP contribution in [0, 0.1) is 13.8 Å². The van der Waals surface area contributed by atoms with Crippen molar-refractivity contribution in [2.75, 3.05) is 18.5 Å². The van der Waals surface area contributed by atoms with Gasteiger partial charge in [-0.15, -0.1) is 0 Å². The maximum absolute atomic E-state index is 12.0. The molecule has 0 bridgehead atoms. The van der Waals surface area contributed by atoms with E-state index in [4.69, 9.17) is 4.74 Å². The number of carbonyl (C=O) groups excluding carboxylic acids is 2. The number of alkyl halides is 3. The van der Waals surface area contributed by atoms with E-state index in [2.05, 4.69) is 10.1 Å². The molecule has 5 nitrogen and oxygen atoms in total. The molecular formula is C20H20F3NO4. The number of carbonyl (C=O) groups is 2. The average Bonchev–Trinajstić information content (AvgIpc) is 2.62. The summed E-state index contributed by atoms with van der Waals surface area (Å²) in [5.41, 5.74) is 3.17. The molecule has 1 N–H and O–H groups in total. The van der Waals surface area contributed by atoms with Crippen LogP contribution >= 0.6 is 0 Å². The molecule has 0 spiro atoms. The van der Waals surface area contributed by atoms with Gasteiger partial charge in [-0.1, -0.05) is 24.3 Å². The quantitative estimate of drug-likeness (QED) is 0.715. The molecular weight excluding hydrogens is 375 g/mol. The summed E-state index contributed by atoms with van der Waals surface area (Å²) in [6.45, 7) is 1.72. The van der Waals surface area contributed by atoms with Gasteiger partial charge in [-0.2, -0.15) is 13.2 Å². The Morgan fingerprint density at radius 3 is 2.36 bits per heavy atom. The number of amides is 1. The van der Waals surface area contributed by atoms with Crippen molar-refractivity contribution in [3.05, 3.63) is 64.7 Å². The largest absolute Gasteiger partial charge is 0.452 e. The lowest BCUT2D eigenvalue weighted by Crippen LogP contribution is -2.21. The predicted molar refractivity (Wildman–Crippen MR) is 97.0 cm³/mol. The fourth-order valence-corrected chi connectivity index (χ4v) is 2.29. The van der Waals surface area contributed by atoms with Gasteiger partial charge in [0.25, 0.3) is 5.91 Å². The fourth-order valence-electron chi connectivity index (χ4n) is 2.29. The fraction of sp³-hybridized carbons (Fsp3) is 0.300. The van der Waals surface area contributed by atoms with Crippen LogP contribution in [0.2, 0.25) is 0 Å². The summed E-state index contributed by atoms with van der Waals surface area (Å²) in [5, 5.41) is 2.68. The first-order chi connectivity index (χ1) is 13.1. The Morgan fingerprint density at radius 1 is 1.04 bits per heavy atom. The van der Waals surface area contributed by atoms with Gasteiger partial charge in [-0.25, -0.2) is 4.79 Å². The highest BCUT2D eigenvalue weighted by Crippen LogP contribution is 2.17. The number of rotatable bonds is 7. The van der Waals surface area contributed by atoms with Crippen LogP contribution in [0.5, 0.6) is 0 Å². The summed E-state index contributed by atoms with van der Waals surface area (Å²) in [6, 6.07) is 11.3. The molecule has 0 radical (unpaired) electrons. The SMILES string of the molecule is Cc1ccc(C)c(NC(=O)COC(=O)c2ccc(COCC(F)(F)F)cc2)c1. The monoisotopic (exact) mass is 395 g/mol. The second-order valence-corrected chi connectivity index (χ2v) is 6.25. The molecule has 0 aromatic heterocycles. The number of ether oxygens (including phenoxy) is 2. The van der Waals surface area contributed by atoms with Gasteiger partial charge in [0.05, 0.1) is 12.2 Å². The highest BCUT2D eigenvalue weighted by atomic mass is 19.4. The molecule has 0 atom stereocenters. The summed E-state index contributed by atoms with van der Waals surface area (Å²) in [5.74, 6) is -1.18. The van der Waals surface area contributed by atoms with Crippen LogP contribution in [0.1, 0.15) is 27.0 Å². The summed E-state index contributed by atoms with van der Waals surface area (Å²) in [7, 11) is 0. The lowest BCUT2D eigenvalue weighted by molar-refractivity contribution is -0.176. The summed E-state index contributed by atoms with van der Waals surface area (Å²) in [6.07, 6.45) is -4.39. The van der Waals surface area contributed by atoms with E-state index < -0.39 is 31.3 Å². The normalized spacial score (nSPS) is 11.2. The third-order valence-electron chi connectivity index (χ3n) is 3.73. The van der Waals surface area contributed by atoms with Crippen molar-refractivity contribution in [3.8, 4) is 0 Å². The summed E-state index contributed by atoms with van der Waals surface area (Å²) in [4.78, 5) is 24.0. The van der Waals surface area contributed by atoms with Crippen molar-refractivity contribution in [1.29, 1.82) is 0 Å². The molecule has 0 heterocycles. The van der Waals surface area contributed by atoms with Gasteiger partial charge in [0.1, 0.15) is 6.61 Å². The van der Waals surface area contributed by atoms with Crippen molar-refractivity contribution in [2.45, 2.75) is 26.6 Å². The Balaban J connectivity index is 1.82. The van der Waals surface area contributed by atoms with Crippen molar-refractivity contribution in [1.82, 2.24) is 0 Å². The van der Waals surface area contributed by atoms with Gasteiger partial charge < -0.3 is 14.8 Å². The lowest BCUT2D eigenvalue weighted by Gasteiger charge is -2.10. The summed E-state index contributed by atoms with van der Waals surface area (Å²) < 4.78 is 45.6. The van der Waals surface area contributed by atoms with E-state index in [-0.39, 0.29) is 12.2 Å². The average molecular weight is 395 g/mol. The van der Waals surface area contributed by atoms with E-state index >= 15 is 0 Å². The lowest BCUT2D eigenvalue weighted by atomic mass is 10.1. The first-order valence-electron chi connectivity index (χ1n) is 8.42. The van der Waals surface area contributed by atoms with E-state index in [9.17, 15) is 22.8 Å². The molecule has 0 aliphatic heterocycles. The van der Waals surface area contributed by atoms with Crippen molar-refractivity contribution in [3.63, 3.8) is 0 Å². The molecule has 8 heteroatoms. The molecule has 28 heavy (non-hydrogen) atoms. The number of halogens is 3. The van der Waals surface area contributed by atoms with Gasteiger partial charge in [-0.05, 0) is 48.7 Å². The molecule has 1 amide bonds. The number of esters is 1. The number of nitrogens with one attached hydrogen (secondary N) is 1. The van der Waals surface area contributed by atoms with E-state index in [1.807, 2.05) is 32.0 Å². The topological polar surface area (TPSA) is 64.6 Å². The standard InChI is InChI=1S/C20H20F3NO4/c1-13-3-4-14(2)17(9-13)24-18(25)11-28-19(26)16-7-5-15(6-8-16)10-27-12-20(21,22)23/h3-9H,10-12H2,1-2H3,(H,24,25). The van der Waals surface area contributed by atoms with Crippen LogP contribution in [0.25, 0.3) is 0 Å². The molecule has 0 aliphatic carbocycles. The van der Waals surface area contributed by atoms with E-state index in [1.54, 1.807) is 0 Å². The van der Waals surface area contributed by atoms with Gasteiger partial charge in [0, 0.05) is 5.69 Å². The minimum atomic E-state index is -4.39. The number of benzene rings is 2. The van der Waals surface area contributed by atoms with Crippen LogP contribution < -0.4 is 5.32 Å². The first-order valence-corrected chi connectivity index (χ1v) is 8.42. The van der Waals surface area contributed by atoms with E-state index in [0.29, 0.717) is 11.3 Å². The van der Waals surface area contributed by atoms with E-state index in [0.717, 1.165) is 11.1 Å². The minimum Gasteiger partial charge on any atom is -0.452 e. The van der Waals surface area contributed by atoms with Crippen LogP contribution in [0.4, 0.5) is 18.9 Å². The smallest absolute Gasteiger partial charge is 0.411 e. The highest BCUT2D eigenvalue weighted by Gasteiger charge is 2.27. The third kappa shape index (κ3) is 7.03. The van der Waals surface area contributed by atoms with Gasteiger partial charge in [0.2, 0.25) is 0 Å². The van der Waals surface area contributed by atoms with Crippen LogP contribution in [0.15, 0.2) is 42.5 Å². The third-order valence-corrected chi connectivity index (χ3v) is 3.73. The zero-order chi connectivity index (χ0) is 20.7. The number of hydrogen-bond donors (Lipinski definition) is 1. The Kier molecular flexibility index (Phi) is 7.17. The molecule has 0 fully saturated rings. The number of anilines is 1. The minimum absolute atomic E-state index is 0.180. The Morgan fingerprint density at radius 2 is 1.71 bits per heavy atom. The Hall–Kier alpha value is -2.87. The van der Waals surface area contributed by atoms with Gasteiger partial charge >= 0.3 is 12.1 Å². The Bertz CT molecular complexity index is 832. The summed E-state index contributed by atoms with van der Waals surface area (Å²) >= 11 is 0. The molecule has 150 valence electrons. The zero-order valence-electron chi connectivity index (χ0n) is 15.4. The molecule has 0 saturated heterocycles. The van der Waals surface area contributed by atoms with Crippen LogP contribution in [0.3, 0.4) is 0 Å². The highest BCUT2D eigenvalue weighted by molar-refractivity contribution is 5.95. The van der Waals surface area contributed by atoms with E-state index in [1.165, 1.54) is 24.3 Å². The maximum Gasteiger partial charge on any atom is 0.411 e. The predicted octanol–water partition coefficient (Wildman–Crippen LogP) is 4.18.